The summed E-state index contributed by atoms with van der Waals surface area (Å²) < 4.78 is 79.1. The summed E-state index contributed by atoms with van der Waals surface area (Å²) in [5.41, 5.74) is -0.349. The van der Waals surface area contributed by atoms with Crippen molar-refractivity contribution in [2.45, 2.75) is 25.0 Å². The van der Waals surface area contributed by atoms with Gasteiger partial charge in [-0.15, -0.1) is 13.2 Å². The molecule has 25 heavy (non-hydrogen) atoms. The summed E-state index contributed by atoms with van der Waals surface area (Å²) in [5, 5.41) is 8.60. The number of alkyl halides is 6. The number of rotatable bonds is 3. The zero-order valence-corrected chi connectivity index (χ0v) is 12.9. The first kappa shape index (κ1) is 19.2. The number of carbonyl (C=O) groups excluding carboxylic acids is 1. The fraction of sp³-hybridized carbons (Fsp3) is 0.385. The molecule has 1 heterocycles. The molecule has 0 spiro atoms. The number of benzene rings is 1. The zero-order chi connectivity index (χ0) is 19.0. The number of ether oxygens (including phenoxy) is 1. The molecule has 2 rings (SSSR count). The third-order valence-electron chi connectivity index (χ3n) is 3.45. The minimum atomic E-state index is -5.32. The van der Waals surface area contributed by atoms with E-state index in [0.717, 1.165) is 6.07 Å². The van der Waals surface area contributed by atoms with Gasteiger partial charge in [-0.2, -0.15) is 13.2 Å². The van der Waals surface area contributed by atoms with Gasteiger partial charge >= 0.3 is 12.5 Å². The lowest BCUT2D eigenvalue weighted by Gasteiger charge is -2.41. The van der Waals surface area contributed by atoms with Crippen molar-refractivity contribution in [2.24, 2.45) is 0 Å². The molecule has 1 aromatic rings. The first-order chi connectivity index (χ1) is 11.4. The number of likely N-dealkylation sites (tertiary alicyclic amines) is 1. The summed E-state index contributed by atoms with van der Waals surface area (Å²) in [6, 6.07) is 0.974. The fourth-order valence-electron chi connectivity index (χ4n) is 2.24. The molecule has 1 amide bonds. The van der Waals surface area contributed by atoms with Crippen LogP contribution in [-0.2, 0) is 11.0 Å². The Hall–Kier alpha value is -2.08. The molecule has 138 valence electrons. The molecule has 0 aliphatic carbocycles. The average Bonchev–Trinajstić information content (AvgIpc) is 2.42. The number of hydrogen-bond donors (Lipinski definition) is 2. The van der Waals surface area contributed by atoms with Crippen molar-refractivity contribution >= 4 is 23.1 Å². The number of amides is 1. The second kappa shape index (κ2) is 6.67. The largest absolute Gasteiger partial charge is 0.573 e. The van der Waals surface area contributed by atoms with E-state index < -0.39 is 35.8 Å². The lowest BCUT2D eigenvalue weighted by Crippen LogP contribution is -2.57. The molecule has 1 atom stereocenters. The highest BCUT2D eigenvalue weighted by Crippen LogP contribution is 2.39. The van der Waals surface area contributed by atoms with Gasteiger partial charge in [-0.3, -0.25) is 10.0 Å². The second-order valence-corrected chi connectivity index (χ2v) is 5.42. The predicted octanol–water partition coefficient (Wildman–Crippen LogP) is 2.86. The van der Waals surface area contributed by atoms with Crippen LogP contribution in [-0.4, -0.2) is 40.0 Å². The average molecular weight is 388 g/mol. The lowest BCUT2D eigenvalue weighted by atomic mass is 10.0. The Bertz CT molecular complexity index is 691. The molecule has 0 bridgehead atoms. The monoisotopic (exact) mass is 388 g/mol. The van der Waals surface area contributed by atoms with Crippen molar-refractivity contribution in [1.29, 1.82) is 0 Å². The first-order valence-electron chi connectivity index (χ1n) is 6.66. The van der Waals surface area contributed by atoms with Gasteiger partial charge in [-0.05, 0) is 18.6 Å². The van der Waals surface area contributed by atoms with E-state index in [0.29, 0.717) is 18.6 Å². The van der Waals surface area contributed by atoms with Gasteiger partial charge in [0.2, 0.25) is 0 Å². The van der Waals surface area contributed by atoms with E-state index in [2.05, 4.69) is 4.74 Å². The van der Waals surface area contributed by atoms with Crippen molar-refractivity contribution in [2.75, 3.05) is 6.54 Å². The second-order valence-electron chi connectivity index (χ2n) is 5.04. The van der Waals surface area contributed by atoms with E-state index >= 15 is 0 Å². The highest BCUT2D eigenvalue weighted by molar-refractivity contribution is 7.80. The van der Waals surface area contributed by atoms with Crippen LogP contribution < -0.4 is 10.2 Å². The summed E-state index contributed by atoms with van der Waals surface area (Å²) >= 11 is 5.02. The van der Waals surface area contributed by atoms with Gasteiger partial charge in [0.15, 0.2) is 0 Å². The molecule has 1 fully saturated rings. The number of thiocarbonyl (C=S) groups is 1. The molecular weight excluding hydrogens is 378 g/mol. The van der Waals surface area contributed by atoms with Crippen LogP contribution in [0.2, 0.25) is 0 Å². The Morgan fingerprint density at radius 3 is 2.36 bits per heavy atom. The Balaban J connectivity index is 2.35. The van der Waals surface area contributed by atoms with E-state index in [1.165, 1.54) is 10.4 Å². The van der Waals surface area contributed by atoms with Crippen LogP contribution in [0.5, 0.6) is 5.75 Å². The zero-order valence-electron chi connectivity index (χ0n) is 12.1. The van der Waals surface area contributed by atoms with Crippen molar-refractivity contribution in [3.63, 3.8) is 0 Å². The smallest absolute Gasteiger partial charge is 0.405 e. The normalized spacial score (nSPS) is 17.7. The van der Waals surface area contributed by atoms with E-state index in [9.17, 15) is 31.1 Å². The molecule has 0 saturated carbocycles. The minimum absolute atomic E-state index is 0.138. The standard InChI is InChI=1S/C13H10F6N2O3S/c14-12(15,16)7-2-1-6(5-9(7)24-13(17,18)19)11(25)21-4-3-8(21)10(22)20-23/h1-2,5,8,23H,3-4H2,(H,20,22)/t8-/m1/s1. The van der Waals surface area contributed by atoms with Gasteiger partial charge in [0, 0.05) is 12.1 Å². The third kappa shape index (κ3) is 4.31. The van der Waals surface area contributed by atoms with Gasteiger partial charge in [0.25, 0.3) is 5.91 Å². The highest BCUT2D eigenvalue weighted by Gasteiger charge is 2.41. The van der Waals surface area contributed by atoms with Gasteiger partial charge in [-0.25, -0.2) is 5.48 Å². The molecule has 0 aromatic heterocycles. The Morgan fingerprint density at radius 2 is 1.92 bits per heavy atom. The molecule has 2 N–H and O–H groups in total. The van der Waals surface area contributed by atoms with Crippen LogP contribution in [0.15, 0.2) is 18.2 Å². The summed E-state index contributed by atoms with van der Waals surface area (Å²) in [6.45, 7) is 0.257. The number of carbonyl (C=O) groups is 1. The van der Waals surface area contributed by atoms with Crippen molar-refractivity contribution < 1.29 is 41.1 Å². The summed E-state index contributed by atoms with van der Waals surface area (Å²) in [6.07, 6.45) is -10.1. The van der Waals surface area contributed by atoms with Crippen molar-refractivity contribution in [3.05, 3.63) is 29.3 Å². The molecule has 0 radical (unpaired) electrons. The minimum Gasteiger partial charge on any atom is -0.405 e. The topological polar surface area (TPSA) is 61.8 Å². The van der Waals surface area contributed by atoms with Crippen LogP contribution >= 0.6 is 12.2 Å². The molecule has 1 aromatic carbocycles. The first-order valence-corrected chi connectivity index (χ1v) is 7.07. The number of hydrogen-bond acceptors (Lipinski definition) is 4. The van der Waals surface area contributed by atoms with Crippen LogP contribution in [0.25, 0.3) is 0 Å². The molecule has 5 nitrogen and oxygen atoms in total. The van der Waals surface area contributed by atoms with Crippen molar-refractivity contribution in [1.82, 2.24) is 10.4 Å². The van der Waals surface area contributed by atoms with E-state index in [4.69, 9.17) is 17.4 Å². The summed E-state index contributed by atoms with van der Waals surface area (Å²) in [4.78, 5) is 12.5. The lowest BCUT2D eigenvalue weighted by molar-refractivity contribution is -0.276. The van der Waals surface area contributed by atoms with Gasteiger partial charge in [0.1, 0.15) is 16.8 Å². The molecule has 1 aliphatic heterocycles. The Kier molecular flexibility index (Phi) is 5.14. The third-order valence-corrected chi connectivity index (χ3v) is 3.92. The Morgan fingerprint density at radius 1 is 1.28 bits per heavy atom. The fourth-order valence-corrected chi connectivity index (χ4v) is 2.59. The van der Waals surface area contributed by atoms with Crippen LogP contribution in [0.3, 0.4) is 0 Å². The van der Waals surface area contributed by atoms with E-state index in [-0.39, 0.29) is 17.1 Å². The van der Waals surface area contributed by atoms with E-state index in [1.54, 1.807) is 0 Å². The summed E-state index contributed by atoms with van der Waals surface area (Å²) in [5.74, 6) is -2.23. The van der Waals surface area contributed by atoms with Crippen LogP contribution in [0.1, 0.15) is 17.5 Å². The molecular formula is C13H10F6N2O3S. The maximum atomic E-state index is 12.8. The number of nitrogens with one attached hydrogen (secondary N) is 1. The SMILES string of the molecule is O=C(NO)[C@H]1CCN1C(=S)c1ccc(C(F)(F)F)c(OC(F)(F)F)c1. The van der Waals surface area contributed by atoms with Crippen LogP contribution in [0, 0.1) is 0 Å². The van der Waals surface area contributed by atoms with Crippen molar-refractivity contribution in [3.8, 4) is 5.75 Å². The quantitative estimate of drug-likeness (QED) is 0.361. The maximum absolute atomic E-state index is 12.8. The maximum Gasteiger partial charge on any atom is 0.573 e. The van der Waals surface area contributed by atoms with Crippen LogP contribution in [0.4, 0.5) is 26.3 Å². The Labute approximate surface area is 142 Å². The molecule has 1 saturated heterocycles. The van der Waals surface area contributed by atoms with E-state index in [1.807, 2.05) is 0 Å². The molecule has 0 unspecified atom stereocenters. The van der Waals surface area contributed by atoms with Gasteiger partial charge < -0.3 is 9.64 Å². The number of halogens is 6. The molecule has 12 heteroatoms. The number of hydroxylamine groups is 1. The molecule has 1 aliphatic rings. The number of nitrogens with zero attached hydrogens (tertiary/aromatic N) is 1. The predicted molar refractivity (Wildman–Crippen MR) is 74.9 cm³/mol. The summed E-state index contributed by atoms with van der Waals surface area (Å²) in [7, 11) is 0. The van der Waals surface area contributed by atoms with Gasteiger partial charge in [-0.1, -0.05) is 18.3 Å². The highest BCUT2D eigenvalue weighted by atomic mass is 32.1. The van der Waals surface area contributed by atoms with Gasteiger partial charge in [0.05, 0.1) is 5.56 Å².